The van der Waals surface area contributed by atoms with Gasteiger partial charge in [-0.3, -0.25) is 0 Å². The number of sulfonamides is 1. The van der Waals surface area contributed by atoms with Crippen molar-refractivity contribution in [2.24, 2.45) is 5.41 Å². The highest BCUT2D eigenvalue weighted by Crippen LogP contribution is 2.46. The Morgan fingerprint density at radius 3 is 2.18 bits per heavy atom. The first kappa shape index (κ1) is 12.8. The van der Waals surface area contributed by atoms with Gasteiger partial charge >= 0.3 is 0 Å². The lowest BCUT2D eigenvalue weighted by molar-refractivity contribution is 0.160. The molecular weight excluding hydrogens is 236 g/mol. The maximum atomic E-state index is 12.0. The van der Waals surface area contributed by atoms with Gasteiger partial charge in [0.2, 0.25) is 10.0 Å². The quantitative estimate of drug-likeness (QED) is 0.758. The zero-order valence-corrected chi connectivity index (χ0v) is 11.2. The SMILES string of the molecule is CC(C#N)S(=O)(=O)N1CCC2(CCCC2)CC1. The topological polar surface area (TPSA) is 61.2 Å². The van der Waals surface area contributed by atoms with Crippen LogP contribution in [0.15, 0.2) is 0 Å². The van der Waals surface area contributed by atoms with Crippen LogP contribution in [0.4, 0.5) is 0 Å². The third-order valence-corrected chi connectivity index (χ3v) is 6.52. The van der Waals surface area contributed by atoms with Crippen molar-refractivity contribution >= 4 is 10.0 Å². The van der Waals surface area contributed by atoms with Gasteiger partial charge in [-0.2, -0.15) is 5.26 Å². The van der Waals surface area contributed by atoms with Crippen LogP contribution in [0.5, 0.6) is 0 Å². The zero-order valence-electron chi connectivity index (χ0n) is 10.4. The third kappa shape index (κ3) is 2.34. The predicted molar refractivity (Wildman–Crippen MR) is 65.7 cm³/mol. The number of hydrogen-bond acceptors (Lipinski definition) is 3. The molecule has 0 amide bonds. The molecule has 0 aromatic carbocycles. The average Bonchev–Trinajstić information content (AvgIpc) is 2.77. The summed E-state index contributed by atoms with van der Waals surface area (Å²) < 4.78 is 25.6. The largest absolute Gasteiger partial charge is 0.230 e. The van der Waals surface area contributed by atoms with Gasteiger partial charge in [-0.1, -0.05) is 12.8 Å². The van der Waals surface area contributed by atoms with Crippen molar-refractivity contribution in [2.45, 2.75) is 50.7 Å². The predicted octanol–water partition coefficient (Wildman–Crippen LogP) is 1.88. The Kier molecular flexibility index (Phi) is 3.46. The third-order valence-electron chi connectivity index (χ3n) is 4.44. The number of nitriles is 1. The molecule has 17 heavy (non-hydrogen) atoms. The minimum absolute atomic E-state index is 0.419. The molecule has 1 saturated heterocycles. The summed E-state index contributed by atoms with van der Waals surface area (Å²) in [6.45, 7) is 2.68. The molecule has 1 aliphatic carbocycles. The first-order valence-electron chi connectivity index (χ1n) is 6.39. The van der Waals surface area contributed by atoms with Gasteiger partial charge in [-0.25, -0.2) is 12.7 Å². The highest BCUT2D eigenvalue weighted by molar-refractivity contribution is 7.89. The van der Waals surface area contributed by atoms with E-state index < -0.39 is 15.3 Å². The van der Waals surface area contributed by atoms with E-state index in [0.717, 1.165) is 12.8 Å². The Balaban J connectivity index is 2.02. The summed E-state index contributed by atoms with van der Waals surface area (Å²) >= 11 is 0. The summed E-state index contributed by atoms with van der Waals surface area (Å²) in [5, 5.41) is 7.83. The number of piperidine rings is 1. The molecule has 1 heterocycles. The number of nitrogens with zero attached hydrogens (tertiary/aromatic N) is 2. The first-order valence-corrected chi connectivity index (χ1v) is 7.89. The summed E-state index contributed by atoms with van der Waals surface area (Å²) in [4.78, 5) is 0. The summed E-state index contributed by atoms with van der Waals surface area (Å²) in [5.41, 5.74) is 0.419. The zero-order chi connectivity index (χ0) is 12.5. The molecule has 0 aromatic rings. The van der Waals surface area contributed by atoms with Crippen molar-refractivity contribution in [3.63, 3.8) is 0 Å². The van der Waals surface area contributed by atoms with Gasteiger partial charge in [-0.05, 0) is 38.0 Å². The van der Waals surface area contributed by atoms with E-state index in [1.807, 2.05) is 6.07 Å². The van der Waals surface area contributed by atoms with Crippen molar-refractivity contribution in [1.29, 1.82) is 5.26 Å². The van der Waals surface area contributed by atoms with Crippen LogP contribution in [0.25, 0.3) is 0 Å². The van der Waals surface area contributed by atoms with E-state index in [4.69, 9.17) is 5.26 Å². The highest BCUT2D eigenvalue weighted by atomic mass is 32.2. The molecule has 0 N–H and O–H groups in total. The van der Waals surface area contributed by atoms with E-state index in [0.29, 0.717) is 18.5 Å². The molecule has 1 atom stereocenters. The van der Waals surface area contributed by atoms with Gasteiger partial charge in [-0.15, -0.1) is 0 Å². The average molecular weight is 256 g/mol. The summed E-state index contributed by atoms with van der Waals surface area (Å²) in [6.07, 6.45) is 7.06. The molecule has 1 spiro atoms. The Morgan fingerprint density at radius 1 is 1.18 bits per heavy atom. The Morgan fingerprint density at radius 2 is 1.71 bits per heavy atom. The fraction of sp³-hybridized carbons (Fsp3) is 0.917. The lowest BCUT2D eigenvalue weighted by Gasteiger charge is -2.39. The van der Waals surface area contributed by atoms with Crippen LogP contribution in [0.2, 0.25) is 0 Å². The molecule has 1 unspecified atom stereocenters. The second kappa shape index (κ2) is 4.58. The van der Waals surface area contributed by atoms with Crippen molar-refractivity contribution in [2.75, 3.05) is 13.1 Å². The lowest BCUT2D eigenvalue weighted by Crippen LogP contribution is -2.45. The van der Waals surface area contributed by atoms with E-state index >= 15 is 0 Å². The molecule has 4 nitrogen and oxygen atoms in total. The maximum Gasteiger partial charge on any atom is 0.230 e. The molecule has 1 aliphatic heterocycles. The van der Waals surface area contributed by atoms with Crippen molar-refractivity contribution in [1.82, 2.24) is 4.31 Å². The van der Waals surface area contributed by atoms with Crippen LogP contribution in [0.1, 0.15) is 45.4 Å². The van der Waals surface area contributed by atoms with Gasteiger partial charge in [0.15, 0.2) is 5.25 Å². The van der Waals surface area contributed by atoms with Crippen LogP contribution in [0.3, 0.4) is 0 Å². The highest BCUT2D eigenvalue weighted by Gasteiger charge is 2.40. The van der Waals surface area contributed by atoms with Crippen LogP contribution in [-0.4, -0.2) is 31.1 Å². The fourth-order valence-electron chi connectivity index (χ4n) is 3.13. The molecule has 0 aromatic heterocycles. The minimum Gasteiger partial charge on any atom is -0.211 e. The van der Waals surface area contributed by atoms with E-state index in [-0.39, 0.29) is 0 Å². The number of rotatable bonds is 2. The summed E-state index contributed by atoms with van der Waals surface area (Å²) in [6, 6.07) is 1.83. The Hall–Kier alpha value is -0.600. The van der Waals surface area contributed by atoms with Crippen molar-refractivity contribution < 1.29 is 8.42 Å². The molecule has 2 aliphatic rings. The fourth-order valence-corrected chi connectivity index (χ4v) is 4.40. The summed E-state index contributed by atoms with van der Waals surface area (Å²) in [7, 11) is -3.39. The first-order chi connectivity index (χ1) is 8.00. The van der Waals surface area contributed by atoms with E-state index in [2.05, 4.69) is 0 Å². The van der Waals surface area contributed by atoms with Gasteiger partial charge < -0.3 is 0 Å². The van der Waals surface area contributed by atoms with Crippen molar-refractivity contribution in [3.8, 4) is 6.07 Å². The normalized spacial score (nSPS) is 26.8. The van der Waals surface area contributed by atoms with E-state index in [9.17, 15) is 8.42 Å². The summed E-state index contributed by atoms with van der Waals surface area (Å²) in [5.74, 6) is 0. The van der Waals surface area contributed by atoms with E-state index in [1.165, 1.54) is 36.9 Å². The lowest BCUT2D eigenvalue weighted by atomic mass is 9.78. The van der Waals surface area contributed by atoms with Gasteiger partial charge in [0.05, 0.1) is 6.07 Å². The molecule has 2 rings (SSSR count). The monoisotopic (exact) mass is 256 g/mol. The Labute approximate surface area is 104 Å². The van der Waals surface area contributed by atoms with E-state index in [1.54, 1.807) is 0 Å². The maximum absolute atomic E-state index is 12.0. The van der Waals surface area contributed by atoms with Crippen molar-refractivity contribution in [3.05, 3.63) is 0 Å². The second-order valence-corrected chi connectivity index (χ2v) is 7.68. The van der Waals surface area contributed by atoms with Crippen LogP contribution >= 0.6 is 0 Å². The minimum atomic E-state index is -3.39. The van der Waals surface area contributed by atoms with Gasteiger partial charge in [0.1, 0.15) is 0 Å². The number of hydrogen-bond donors (Lipinski definition) is 0. The van der Waals surface area contributed by atoms with Gasteiger partial charge in [0, 0.05) is 13.1 Å². The molecule has 96 valence electrons. The van der Waals surface area contributed by atoms with Gasteiger partial charge in [0.25, 0.3) is 0 Å². The van der Waals surface area contributed by atoms with Crippen LogP contribution in [0, 0.1) is 16.7 Å². The molecule has 5 heteroatoms. The Bertz CT molecular complexity index is 408. The smallest absolute Gasteiger partial charge is 0.211 e. The van der Waals surface area contributed by atoms with Crippen LogP contribution < -0.4 is 0 Å². The standard InChI is InChI=1S/C12H20N2O2S/c1-11(10-13)17(15,16)14-8-6-12(7-9-14)4-2-3-5-12/h11H,2-9H2,1H3. The molecule has 0 bridgehead atoms. The van der Waals surface area contributed by atoms with Crippen LogP contribution in [-0.2, 0) is 10.0 Å². The molecule has 0 radical (unpaired) electrons. The molecule has 2 fully saturated rings. The molecule has 1 saturated carbocycles. The second-order valence-electron chi connectivity index (χ2n) is 5.42. The molecular formula is C12H20N2O2S.